The first kappa shape index (κ1) is 21.2. The second kappa shape index (κ2) is 8.51. The third kappa shape index (κ3) is 3.54. The van der Waals surface area contributed by atoms with Gasteiger partial charge in [0.1, 0.15) is 16.5 Å². The molecule has 0 amide bonds. The van der Waals surface area contributed by atoms with E-state index in [0.29, 0.717) is 11.6 Å². The van der Waals surface area contributed by atoms with Gasteiger partial charge in [0.25, 0.3) is 0 Å². The van der Waals surface area contributed by atoms with Crippen LogP contribution in [0.1, 0.15) is 0 Å². The number of halogens is 1. The van der Waals surface area contributed by atoms with Crippen LogP contribution in [0, 0.1) is 0 Å². The normalized spacial score (nSPS) is 11.5. The molecule has 0 saturated heterocycles. The van der Waals surface area contributed by atoms with E-state index in [2.05, 4.69) is 32.2 Å². The van der Waals surface area contributed by atoms with Gasteiger partial charge in [0.15, 0.2) is 11.6 Å². The van der Waals surface area contributed by atoms with Crippen molar-refractivity contribution in [2.75, 3.05) is 0 Å². The maximum atomic E-state index is 6.22. The van der Waals surface area contributed by atoms with Crippen LogP contribution in [-0.4, -0.2) is 24.8 Å². The smallest absolute Gasteiger partial charge is 0.235 e. The fraction of sp³-hybridized carbons (Fsp3) is 0. The average Bonchev–Trinajstić information content (AvgIpc) is 3.66. The molecule has 7 rings (SSSR count). The molecule has 0 N–H and O–H groups in total. The van der Waals surface area contributed by atoms with Gasteiger partial charge in [-0.05, 0) is 36.4 Å². The quantitative estimate of drug-likeness (QED) is 0.224. The molecule has 0 atom stereocenters. The van der Waals surface area contributed by atoms with Crippen LogP contribution in [0.5, 0.6) is 0 Å². The van der Waals surface area contributed by atoms with Crippen molar-refractivity contribution in [2.45, 2.75) is 0 Å². The molecule has 36 heavy (non-hydrogen) atoms. The van der Waals surface area contributed by atoms with Crippen molar-refractivity contribution < 1.29 is 4.42 Å². The molecule has 0 spiro atoms. The standard InChI is InChI=1S/C28H16BrN5OS/c29-21-12-6-4-11-19(21)26-31-32-28-34(26)33-27(36-28)20-16-23(30-22-13-7-5-10-18(20)22)25-15-14-24(35-25)17-8-2-1-3-9-17/h1-16H. The van der Waals surface area contributed by atoms with Crippen LogP contribution in [-0.2, 0) is 0 Å². The van der Waals surface area contributed by atoms with Gasteiger partial charge in [0.2, 0.25) is 4.96 Å². The molecule has 4 aromatic heterocycles. The molecule has 6 nitrogen and oxygen atoms in total. The minimum atomic E-state index is 0.692. The highest BCUT2D eigenvalue weighted by Crippen LogP contribution is 2.37. The molecule has 0 bridgehead atoms. The van der Waals surface area contributed by atoms with Gasteiger partial charge in [-0.3, -0.25) is 0 Å². The number of benzene rings is 3. The number of aromatic nitrogens is 5. The Hall–Kier alpha value is -4.14. The van der Waals surface area contributed by atoms with Gasteiger partial charge in [0, 0.05) is 26.5 Å². The Balaban J connectivity index is 1.38. The van der Waals surface area contributed by atoms with Crippen molar-refractivity contribution >= 4 is 43.1 Å². The zero-order chi connectivity index (χ0) is 24.1. The van der Waals surface area contributed by atoms with E-state index in [-0.39, 0.29) is 0 Å². The summed E-state index contributed by atoms with van der Waals surface area (Å²) in [6.45, 7) is 0. The molecule has 172 valence electrons. The first-order valence-electron chi connectivity index (χ1n) is 11.3. The van der Waals surface area contributed by atoms with Gasteiger partial charge in [0.05, 0.1) is 5.52 Å². The SMILES string of the molecule is Brc1ccccc1-c1nnc2sc(-c3cc(-c4ccc(-c5ccccc5)o4)nc4ccccc34)nn12. The van der Waals surface area contributed by atoms with Gasteiger partial charge < -0.3 is 4.42 Å². The summed E-state index contributed by atoms with van der Waals surface area (Å²) in [5.41, 5.74) is 4.56. The maximum Gasteiger partial charge on any atom is 0.235 e. The number of rotatable bonds is 4. The van der Waals surface area contributed by atoms with Crippen LogP contribution in [0.15, 0.2) is 106 Å². The van der Waals surface area contributed by atoms with Crippen molar-refractivity contribution in [1.82, 2.24) is 24.8 Å². The summed E-state index contributed by atoms with van der Waals surface area (Å²) in [5, 5.41) is 15.6. The molecule has 0 aliphatic heterocycles. The van der Waals surface area contributed by atoms with Crippen LogP contribution in [0.25, 0.3) is 60.6 Å². The predicted molar refractivity (Wildman–Crippen MR) is 146 cm³/mol. The highest BCUT2D eigenvalue weighted by Gasteiger charge is 2.19. The lowest BCUT2D eigenvalue weighted by Gasteiger charge is -2.06. The Bertz CT molecular complexity index is 1870. The summed E-state index contributed by atoms with van der Waals surface area (Å²) in [6.07, 6.45) is 0. The molecular formula is C28H16BrN5OS. The van der Waals surface area contributed by atoms with Gasteiger partial charge in [-0.15, -0.1) is 10.2 Å². The summed E-state index contributed by atoms with van der Waals surface area (Å²) >= 11 is 5.11. The molecule has 0 aliphatic carbocycles. The third-order valence-electron chi connectivity index (χ3n) is 5.97. The molecule has 0 radical (unpaired) electrons. The van der Waals surface area contributed by atoms with E-state index >= 15 is 0 Å². The molecule has 0 unspecified atom stereocenters. The number of pyridine rings is 1. The fourth-order valence-electron chi connectivity index (χ4n) is 4.25. The number of fused-ring (bicyclic) bond motifs is 2. The van der Waals surface area contributed by atoms with E-state index in [4.69, 9.17) is 14.5 Å². The second-order valence-electron chi connectivity index (χ2n) is 8.21. The first-order valence-corrected chi connectivity index (χ1v) is 12.9. The number of hydrogen-bond donors (Lipinski definition) is 0. The molecule has 3 aromatic carbocycles. The van der Waals surface area contributed by atoms with Gasteiger partial charge in [-0.2, -0.15) is 9.61 Å². The highest BCUT2D eigenvalue weighted by molar-refractivity contribution is 9.10. The molecular weight excluding hydrogens is 534 g/mol. The van der Waals surface area contributed by atoms with Crippen LogP contribution in [0.2, 0.25) is 0 Å². The summed E-state index contributed by atoms with van der Waals surface area (Å²) in [6, 6.07) is 32.1. The lowest BCUT2D eigenvalue weighted by atomic mass is 10.1. The average molecular weight is 550 g/mol. The van der Waals surface area contributed by atoms with E-state index in [1.165, 1.54) is 11.3 Å². The fourth-order valence-corrected chi connectivity index (χ4v) is 5.58. The first-order chi connectivity index (χ1) is 17.7. The molecule has 0 saturated carbocycles. The van der Waals surface area contributed by atoms with Gasteiger partial charge in [-0.1, -0.05) is 87.9 Å². The Morgan fingerprint density at radius 3 is 2.42 bits per heavy atom. The van der Waals surface area contributed by atoms with Crippen LogP contribution < -0.4 is 0 Å². The van der Waals surface area contributed by atoms with E-state index in [9.17, 15) is 0 Å². The van der Waals surface area contributed by atoms with Crippen molar-refractivity contribution in [3.8, 4) is 44.7 Å². The van der Waals surface area contributed by atoms with E-state index < -0.39 is 0 Å². The van der Waals surface area contributed by atoms with Crippen LogP contribution in [0.4, 0.5) is 0 Å². The van der Waals surface area contributed by atoms with Crippen molar-refractivity contribution in [1.29, 1.82) is 0 Å². The number of nitrogens with zero attached hydrogens (tertiary/aromatic N) is 5. The third-order valence-corrected chi connectivity index (χ3v) is 7.59. The van der Waals surface area contributed by atoms with Crippen molar-refractivity contribution in [3.05, 3.63) is 102 Å². The lowest BCUT2D eigenvalue weighted by molar-refractivity contribution is 0.595. The Morgan fingerprint density at radius 1 is 0.750 bits per heavy atom. The maximum absolute atomic E-state index is 6.22. The molecule has 4 heterocycles. The Morgan fingerprint density at radius 2 is 1.53 bits per heavy atom. The molecule has 8 heteroatoms. The topological polar surface area (TPSA) is 69.1 Å². The zero-order valence-corrected chi connectivity index (χ0v) is 21.1. The summed E-state index contributed by atoms with van der Waals surface area (Å²) in [4.78, 5) is 5.62. The van der Waals surface area contributed by atoms with Gasteiger partial charge in [-0.25, -0.2) is 4.98 Å². The number of para-hydroxylation sites is 1. The zero-order valence-electron chi connectivity index (χ0n) is 18.7. The Labute approximate surface area is 218 Å². The highest BCUT2D eigenvalue weighted by atomic mass is 79.9. The number of furan rings is 1. The number of hydrogen-bond acceptors (Lipinski definition) is 6. The second-order valence-corrected chi connectivity index (χ2v) is 10.0. The lowest BCUT2D eigenvalue weighted by Crippen LogP contribution is -1.93. The van der Waals surface area contributed by atoms with Gasteiger partial charge >= 0.3 is 0 Å². The van der Waals surface area contributed by atoms with E-state index in [1.807, 2.05) is 91.0 Å². The molecule has 0 fully saturated rings. The van der Waals surface area contributed by atoms with Crippen LogP contribution in [0.3, 0.4) is 0 Å². The Kier molecular flexibility index (Phi) is 5.00. The van der Waals surface area contributed by atoms with Crippen LogP contribution >= 0.6 is 27.3 Å². The van der Waals surface area contributed by atoms with E-state index in [0.717, 1.165) is 53.5 Å². The summed E-state index contributed by atoms with van der Waals surface area (Å²) in [5.74, 6) is 2.20. The predicted octanol–water partition coefficient (Wildman–Crippen LogP) is 7.76. The summed E-state index contributed by atoms with van der Waals surface area (Å²) in [7, 11) is 0. The van der Waals surface area contributed by atoms with Crippen molar-refractivity contribution in [3.63, 3.8) is 0 Å². The monoisotopic (exact) mass is 549 g/mol. The molecule has 7 aromatic rings. The summed E-state index contributed by atoms with van der Waals surface area (Å²) < 4.78 is 8.96. The minimum Gasteiger partial charge on any atom is -0.454 e. The minimum absolute atomic E-state index is 0.692. The largest absolute Gasteiger partial charge is 0.454 e. The van der Waals surface area contributed by atoms with E-state index in [1.54, 1.807) is 4.52 Å². The van der Waals surface area contributed by atoms with Crippen molar-refractivity contribution in [2.24, 2.45) is 0 Å². The molecule has 0 aliphatic rings.